The number of benzene rings is 1. The van der Waals surface area contributed by atoms with Crippen molar-refractivity contribution in [2.24, 2.45) is 0 Å². The maximum absolute atomic E-state index is 12.8. The third-order valence-corrected chi connectivity index (χ3v) is 7.26. The lowest BCUT2D eigenvalue weighted by molar-refractivity contribution is 0.0935. The molecule has 2 aromatic heterocycles. The first-order chi connectivity index (χ1) is 13.2. The van der Waals surface area contributed by atoms with E-state index in [1.165, 1.54) is 12.4 Å². The molecule has 2 heterocycles. The molecule has 1 aromatic carbocycles. The van der Waals surface area contributed by atoms with E-state index < -0.39 is 9.84 Å². The number of hydrogen-bond acceptors (Lipinski definition) is 6. The molecule has 0 saturated heterocycles. The minimum absolute atomic E-state index is 0.0435. The van der Waals surface area contributed by atoms with E-state index in [9.17, 15) is 13.2 Å². The Hall–Kier alpha value is -2.23. The average molecular weight is 439 g/mol. The lowest BCUT2D eigenvalue weighted by Crippen LogP contribution is -2.28. The van der Waals surface area contributed by atoms with Gasteiger partial charge in [0, 0.05) is 22.4 Å². The van der Waals surface area contributed by atoms with Gasteiger partial charge in [-0.25, -0.2) is 18.1 Å². The number of rotatable bonds is 6. The number of sulfone groups is 1. The molecule has 0 saturated carbocycles. The first kappa shape index (κ1) is 20.5. The second kappa shape index (κ2) is 8.02. The monoisotopic (exact) mass is 438 g/mol. The Balaban J connectivity index is 1.82. The van der Waals surface area contributed by atoms with Gasteiger partial charge in [-0.1, -0.05) is 18.5 Å². The molecule has 0 radical (unpaired) electrons. The molecule has 0 aliphatic rings. The Bertz CT molecular complexity index is 1100. The van der Waals surface area contributed by atoms with Crippen LogP contribution in [0.4, 0.5) is 0 Å². The number of amides is 1. The van der Waals surface area contributed by atoms with Gasteiger partial charge < -0.3 is 5.32 Å². The summed E-state index contributed by atoms with van der Waals surface area (Å²) in [5.74, 6) is -0.279. The molecule has 0 unspecified atom stereocenters. The molecule has 0 fully saturated rings. The molecule has 3 rings (SSSR count). The fraction of sp³-hybridized carbons (Fsp3) is 0.278. The van der Waals surface area contributed by atoms with Gasteiger partial charge in [-0.15, -0.1) is 11.3 Å². The van der Waals surface area contributed by atoms with E-state index in [0.717, 1.165) is 23.3 Å². The fourth-order valence-electron chi connectivity index (χ4n) is 2.69. The summed E-state index contributed by atoms with van der Waals surface area (Å²) >= 11 is 6.99. The van der Waals surface area contributed by atoms with Gasteiger partial charge in [0.05, 0.1) is 29.2 Å². The standard InChI is InChI=1S/C18H19ClN4O3S2/c1-4-15(16-10-20-18(27-16)28(3,25)26)22-17(24)14-9-21-23(11(14)2)13-7-5-12(19)6-8-13/h5-10,15H,4H2,1-3H3,(H,22,24)/t15-/m0/s1. The molecule has 1 amide bonds. The highest BCUT2D eigenvalue weighted by atomic mass is 35.5. The van der Waals surface area contributed by atoms with Crippen LogP contribution < -0.4 is 5.32 Å². The summed E-state index contributed by atoms with van der Waals surface area (Å²) in [6, 6.07) is 6.83. The smallest absolute Gasteiger partial charge is 0.255 e. The van der Waals surface area contributed by atoms with Crippen LogP contribution in [0.5, 0.6) is 0 Å². The van der Waals surface area contributed by atoms with Crippen molar-refractivity contribution >= 4 is 38.7 Å². The molecule has 28 heavy (non-hydrogen) atoms. The zero-order valence-corrected chi connectivity index (χ0v) is 17.9. The van der Waals surface area contributed by atoms with Crippen LogP contribution in [-0.4, -0.2) is 35.3 Å². The number of thiazole rings is 1. The van der Waals surface area contributed by atoms with Crippen molar-refractivity contribution < 1.29 is 13.2 Å². The predicted octanol–water partition coefficient (Wildman–Crippen LogP) is 3.58. The van der Waals surface area contributed by atoms with Crippen LogP contribution in [0, 0.1) is 6.92 Å². The zero-order valence-electron chi connectivity index (χ0n) is 15.5. The largest absolute Gasteiger partial charge is 0.344 e. The molecule has 10 heteroatoms. The summed E-state index contributed by atoms with van der Waals surface area (Å²) in [5, 5.41) is 7.86. The van der Waals surface area contributed by atoms with E-state index in [0.29, 0.717) is 27.6 Å². The van der Waals surface area contributed by atoms with E-state index in [1.807, 2.05) is 26.0 Å². The summed E-state index contributed by atoms with van der Waals surface area (Å²) in [5.41, 5.74) is 1.94. The topological polar surface area (TPSA) is 93.9 Å². The summed E-state index contributed by atoms with van der Waals surface area (Å²) < 4.78 is 25.0. The van der Waals surface area contributed by atoms with Crippen molar-refractivity contribution in [2.75, 3.05) is 6.26 Å². The Morgan fingerprint density at radius 1 is 1.29 bits per heavy atom. The van der Waals surface area contributed by atoms with Crippen molar-refractivity contribution in [3.8, 4) is 5.69 Å². The van der Waals surface area contributed by atoms with Gasteiger partial charge in [-0.2, -0.15) is 5.10 Å². The predicted molar refractivity (Wildman–Crippen MR) is 109 cm³/mol. The quantitative estimate of drug-likeness (QED) is 0.634. The van der Waals surface area contributed by atoms with E-state index in [1.54, 1.807) is 16.8 Å². The van der Waals surface area contributed by atoms with Crippen LogP contribution in [0.25, 0.3) is 5.69 Å². The van der Waals surface area contributed by atoms with Crippen molar-refractivity contribution in [3.05, 3.63) is 57.8 Å². The van der Waals surface area contributed by atoms with Gasteiger partial charge in [-0.05, 0) is 37.6 Å². The minimum atomic E-state index is -3.37. The van der Waals surface area contributed by atoms with Crippen LogP contribution in [0.1, 0.15) is 40.3 Å². The Morgan fingerprint density at radius 2 is 1.96 bits per heavy atom. The fourth-order valence-corrected chi connectivity index (χ4v) is 4.73. The van der Waals surface area contributed by atoms with Gasteiger partial charge >= 0.3 is 0 Å². The first-order valence-electron chi connectivity index (χ1n) is 8.48. The molecular weight excluding hydrogens is 420 g/mol. The van der Waals surface area contributed by atoms with Crippen LogP contribution >= 0.6 is 22.9 Å². The maximum atomic E-state index is 12.8. The number of halogens is 1. The van der Waals surface area contributed by atoms with Crippen molar-refractivity contribution in [3.63, 3.8) is 0 Å². The highest BCUT2D eigenvalue weighted by molar-refractivity contribution is 7.92. The number of hydrogen-bond donors (Lipinski definition) is 1. The van der Waals surface area contributed by atoms with E-state index >= 15 is 0 Å². The molecule has 0 aliphatic carbocycles. The Kier molecular flexibility index (Phi) is 5.87. The van der Waals surface area contributed by atoms with Crippen LogP contribution in [-0.2, 0) is 9.84 Å². The molecule has 7 nitrogen and oxygen atoms in total. The summed E-state index contributed by atoms with van der Waals surface area (Å²) in [6.07, 6.45) is 4.73. The van der Waals surface area contributed by atoms with Crippen molar-refractivity contribution in [2.45, 2.75) is 30.6 Å². The number of carbonyl (C=O) groups excluding carboxylic acids is 1. The number of nitrogens with zero attached hydrogens (tertiary/aromatic N) is 3. The Morgan fingerprint density at radius 3 is 2.54 bits per heavy atom. The van der Waals surface area contributed by atoms with E-state index in [-0.39, 0.29) is 16.3 Å². The molecule has 0 bridgehead atoms. The third-order valence-electron chi connectivity index (χ3n) is 4.20. The first-order valence-corrected chi connectivity index (χ1v) is 11.6. The molecule has 1 N–H and O–H groups in total. The molecule has 0 spiro atoms. The molecule has 3 aromatic rings. The molecular formula is C18H19ClN4O3S2. The highest BCUT2D eigenvalue weighted by Gasteiger charge is 2.22. The summed E-state index contributed by atoms with van der Waals surface area (Å²) in [7, 11) is -3.37. The second-order valence-electron chi connectivity index (χ2n) is 6.27. The van der Waals surface area contributed by atoms with Crippen molar-refractivity contribution in [1.29, 1.82) is 0 Å². The van der Waals surface area contributed by atoms with Gasteiger partial charge in [0.1, 0.15) is 0 Å². The zero-order chi connectivity index (χ0) is 20.5. The minimum Gasteiger partial charge on any atom is -0.344 e. The lowest BCUT2D eigenvalue weighted by atomic mass is 10.1. The third kappa shape index (κ3) is 4.26. The van der Waals surface area contributed by atoms with Crippen molar-refractivity contribution in [1.82, 2.24) is 20.1 Å². The van der Waals surface area contributed by atoms with Gasteiger partial charge in [0.15, 0.2) is 0 Å². The van der Waals surface area contributed by atoms with Gasteiger partial charge in [0.2, 0.25) is 14.2 Å². The van der Waals surface area contributed by atoms with E-state index in [4.69, 9.17) is 11.6 Å². The van der Waals surface area contributed by atoms with Gasteiger partial charge in [-0.3, -0.25) is 4.79 Å². The van der Waals surface area contributed by atoms with Crippen LogP contribution in [0.2, 0.25) is 5.02 Å². The number of carbonyl (C=O) groups is 1. The summed E-state index contributed by atoms with van der Waals surface area (Å²) in [6.45, 7) is 3.72. The molecule has 1 atom stereocenters. The SMILES string of the molecule is CC[C@H](NC(=O)c1cnn(-c2ccc(Cl)cc2)c1C)c1cnc(S(C)(=O)=O)s1. The number of aromatic nitrogens is 3. The average Bonchev–Trinajstić information content (AvgIpc) is 3.27. The van der Waals surface area contributed by atoms with Crippen LogP contribution in [0.15, 0.2) is 41.0 Å². The highest BCUT2D eigenvalue weighted by Crippen LogP contribution is 2.26. The summed E-state index contributed by atoms with van der Waals surface area (Å²) in [4.78, 5) is 17.4. The maximum Gasteiger partial charge on any atom is 0.255 e. The van der Waals surface area contributed by atoms with Crippen LogP contribution in [0.3, 0.4) is 0 Å². The number of nitrogens with one attached hydrogen (secondary N) is 1. The van der Waals surface area contributed by atoms with E-state index in [2.05, 4.69) is 15.4 Å². The molecule has 0 aliphatic heterocycles. The Labute approximate surface area is 172 Å². The van der Waals surface area contributed by atoms with Gasteiger partial charge in [0.25, 0.3) is 5.91 Å². The lowest BCUT2D eigenvalue weighted by Gasteiger charge is -2.15. The molecule has 148 valence electrons. The second-order valence-corrected chi connectivity index (χ2v) is 9.95. The normalized spacial score (nSPS) is 12.7.